The smallest absolute Gasteiger partial charge is 0.143 e. The number of fused-ring (bicyclic) bond motifs is 6. The molecule has 184 valence electrons. The number of aromatic amines is 1. The number of hydrogen-bond acceptors (Lipinski definition) is 2. The summed E-state index contributed by atoms with van der Waals surface area (Å²) in [5.41, 5.74) is 9.60. The molecule has 0 amide bonds. The Labute approximate surface area is 225 Å². The van der Waals surface area contributed by atoms with Gasteiger partial charge in [0.2, 0.25) is 0 Å². The van der Waals surface area contributed by atoms with E-state index in [2.05, 4.69) is 149 Å². The van der Waals surface area contributed by atoms with E-state index < -0.39 is 0 Å². The first-order valence-corrected chi connectivity index (χ1v) is 13.2. The molecule has 0 aliphatic rings. The molecule has 2 aromatic heterocycles. The molecule has 0 aliphatic heterocycles. The van der Waals surface area contributed by atoms with Crippen LogP contribution in [0.2, 0.25) is 0 Å². The van der Waals surface area contributed by atoms with Crippen molar-refractivity contribution in [2.45, 2.75) is 0 Å². The highest BCUT2D eigenvalue weighted by Crippen LogP contribution is 2.42. The number of rotatable bonds is 4. The van der Waals surface area contributed by atoms with E-state index in [1.165, 1.54) is 10.8 Å². The quantitative estimate of drug-likeness (QED) is 0.261. The van der Waals surface area contributed by atoms with E-state index in [9.17, 15) is 0 Å². The lowest BCUT2D eigenvalue weighted by atomic mass is 9.99. The summed E-state index contributed by atoms with van der Waals surface area (Å²) in [6.07, 6.45) is 0. The summed E-state index contributed by atoms with van der Waals surface area (Å²) in [4.78, 5) is 5.94. The zero-order valence-corrected chi connectivity index (χ0v) is 21.1. The summed E-state index contributed by atoms with van der Waals surface area (Å²) < 4.78 is 6.57. The number of furan rings is 1. The highest BCUT2D eigenvalue weighted by Gasteiger charge is 2.18. The summed E-state index contributed by atoms with van der Waals surface area (Å²) >= 11 is 0. The Morgan fingerprint density at radius 1 is 0.462 bits per heavy atom. The lowest BCUT2D eigenvalue weighted by Gasteiger charge is -2.25. The molecule has 1 N–H and O–H groups in total. The number of nitrogens with one attached hydrogen (secondary N) is 1. The van der Waals surface area contributed by atoms with Crippen LogP contribution >= 0.6 is 0 Å². The number of benzene rings is 6. The fourth-order valence-corrected chi connectivity index (χ4v) is 5.84. The fraction of sp³-hybridized carbons (Fsp3) is 0. The van der Waals surface area contributed by atoms with Crippen LogP contribution < -0.4 is 4.90 Å². The van der Waals surface area contributed by atoms with Gasteiger partial charge in [-0.15, -0.1) is 0 Å². The maximum Gasteiger partial charge on any atom is 0.143 e. The van der Waals surface area contributed by atoms with Crippen LogP contribution in [0.25, 0.3) is 54.9 Å². The molecule has 0 saturated heterocycles. The largest absolute Gasteiger partial charge is 0.455 e. The third kappa shape index (κ3) is 3.44. The first-order valence-electron chi connectivity index (χ1n) is 13.2. The van der Waals surface area contributed by atoms with Crippen molar-refractivity contribution in [3.8, 4) is 11.1 Å². The van der Waals surface area contributed by atoms with Gasteiger partial charge in [-0.25, -0.2) is 0 Å². The molecular formula is C36H24N2O. The second-order valence-corrected chi connectivity index (χ2v) is 9.87. The van der Waals surface area contributed by atoms with Crippen LogP contribution in [0.15, 0.2) is 144 Å². The number of anilines is 3. The third-order valence-electron chi connectivity index (χ3n) is 7.60. The number of aromatic nitrogens is 1. The molecule has 6 aromatic carbocycles. The van der Waals surface area contributed by atoms with Gasteiger partial charge in [-0.1, -0.05) is 91.0 Å². The first-order chi connectivity index (χ1) is 19.3. The van der Waals surface area contributed by atoms with Crippen LogP contribution in [0, 0.1) is 0 Å². The van der Waals surface area contributed by atoms with E-state index in [1.807, 2.05) is 0 Å². The average molecular weight is 501 g/mol. The predicted octanol–water partition coefficient (Wildman–Crippen LogP) is 10.4. The Hall–Kier alpha value is -5.28. The van der Waals surface area contributed by atoms with Gasteiger partial charge >= 0.3 is 0 Å². The Bertz CT molecular complexity index is 2080. The molecule has 8 rings (SSSR count). The van der Waals surface area contributed by atoms with Crippen LogP contribution in [0.1, 0.15) is 0 Å². The Kier molecular flexibility index (Phi) is 4.82. The molecule has 0 radical (unpaired) electrons. The van der Waals surface area contributed by atoms with E-state index >= 15 is 0 Å². The summed E-state index contributed by atoms with van der Waals surface area (Å²) in [6.45, 7) is 0. The van der Waals surface area contributed by atoms with Crippen LogP contribution in [0.3, 0.4) is 0 Å². The Morgan fingerprint density at radius 3 is 1.87 bits per heavy atom. The monoisotopic (exact) mass is 500 g/mol. The molecule has 0 aliphatic carbocycles. The average Bonchev–Trinajstić information content (AvgIpc) is 3.57. The minimum absolute atomic E-state index is 0.881. The Balaban J connectivity index is 1.34. The molecule has 0 atom stereocenters. The van der Waals surface area contributed by atoms with Gasteiger partial charge in [-0.3, -0.25) is 0 Å². The SMILES string of the molecule is c1ccc(N(c2ccccc2)c2ccc3oc4c(-c5cccc6c5[nH]c5ccccc56)cccc4c3c2)cc1. The molecule has 0 unspecified atom stereocenters. The molecule has 0 spiro atoms. The van der Waals surface area contributed by atoms with E-state index in [-0.39, 0.29) is 0 Å². The van der Waals surface area contributed by atoms with Crippen molar-refractivity contribution in [2.24, 2.45) is 0 Å². The summed E-state index contributed by atoms with van der Waals surface area (Å²) in [6, 6.07) is 48.9. The standard InChI is InChI=1S/C36H24N2O/c1-3-11-24(12-4-1)38(25-13-5-2-6-14-25)26-21-22-34-32(23-26)31-19-10-18-30(36(31)39-34)29-17-9-16-28-27-15-7-8-20-33(27)37-35(28)29/h1-23,37H. The van der Waals surface area contributed by atoms with Crippen molar-refractivity contribution < 1.29 is 4.42 Å². The van der Waals surface area contributed by atoms with Gasteiger partial charge in [0, 0.05) is 55.3 Å². The minimum atomic E-state index is 0.881. The molecule has 0 fully saturated rings. The van der Waals surface area contributed by atoms with Gasteiger partial charge in [0.25, 0.3) is 0 Å². The van der Waals surface area contributed by atoms with E-state index in [1.54, 1.807) is 0 Å². The molecule has 39 heavy (non-hydrogen) atoms. The lowest BCUT2D eigenvalue weighted by molar-refractivity contribution is 0.670. The number of nitrogens with zero attached hydrogens (tertiary/aromatic N) is 1. The van der Waals surface area contributed by atoms with E-state index in [4.69, 9.17) is 4.42 Å². The van der Waals surface area contributed by atoms with Gasteiger partial charge in [0.15, 0.2) is 0 Å². The molecule has 0 bridgehead atoms. The van der Waals surface area contributed by atoms with Crippen LogP contribution in [0.5, 0.6) is 0 Å². The molecule has 8 aromatic rings. The Morgan fingerprint density at radius 2 is 1.10 bits per heavy atom. The van der Waals surface area contributed by atoms with Crippen molar-refractivity contribution in [2.75, 3.05) is 4.90 Å². The van der Waals surface area contributed by atoms with Gasteiger partial charge < -0.3 is 14.3 Å². The summed E-state index contributed by atoms with van der Waals surface area (Å²) in [5.74, 6) is 0. The minimum Gasteiger partial charge on any atom is -0.455 e. The summed E-state index contributed by atoms with van der Waals surface area (Å²) in [7, 11) is 0. The van der Waals surface area contributed by atoms with Crippen molar-refractivity contribution in [1.29, 1.82) is 0 Å². The lowest BCUT2D eigenvalue weighted by Crippen LogP contribution is -2.09. The van der Waals surface area contributed by atoms with Gasteiger partial charge in [-0.05, 0) is 48.5 Å². The van der Waals surface area contributed by atoms with Crippen molar-refractivity contribution in [1.82, 2.24) is 4.98 Å². The van der Waals surface area contributed by atoms with Gasteiger partial charge in [0.1, 0.15) is 11.2 Å². The van der Waals surface area contributed by atoms with Crippen LogP contribution in [-0.4, -0.2) is 4.98 Å². The van der Waals surface area contributed by atoms with Gasteiger partial charge in [-0.2, -0.15) is 0 Å². The molecule has 3 nitrogen and oxygen atoms in total. The number of para-hydroxylation sites is 5. The van der Waals surface area contributed by atoms with E-state index in [0.29, 0.717) is 0 Å². The zero-order valence-electron chi connectivity index (χ0n) is 21.1. The van der Waals surface area contributed by atoms with Crippen LogP contribution in [0.4, 0.5) is 17.1 Å². The van der Waals surface area contributed by atoms with E-state index in [0.717, 1.165) is 61.2 Å². The molecular weight excluding hydrogens is 476 g/mol. The maximum absolute atomic E-state index is 6.57. The number of hydrogen-bond donors (Lipinski definition) is 1. The molecule has 2 heterocycles. The summed E-state index contributed by atoms with van der Waals surface area (Å²) in [5, 5.41) is 4.67. The predicted molar refractivity (Wildman–Crippen MR) is 163 cm³/mol. The molecule has 0 saturated carbocycles. The van der Waals surface area contributed by atoms with Crippen molar-refractivity contribution in [3.63, 3.8) is 0 Å². The topological polar surface area (TPSA) is 32.2 Å². The third-order valence-corrected chi connectivity index (χ3v) is 7.60. The fourth-order valence-electron chi connectivity index (χ4n) is 5.84. The number of H-pyrrole nitrogens is 1. The highest BCUT2D eigenvalue weighted by molar-refractivity contribution is 6.16. The second kappa shape index (κ2) is 8.64. The molecule has 3 heteroatoms. The maximum atomic E-state index is 6.57. The van der Waals surface area contributed by atoms with Gasteiger partial charge in [0.05, 0.1) is 5.52 Å². The zero-order chi connectivity index (χ0) is 25.8. The van der Waals surface area contributed by atoms with Crippen molar-refractivity contribution >= 4 is 60.8 Å². The second-order valence-electron chi connectivity index (χ2n) is 9.87. The first kappa shape index (κ1) is 21.8. The van der Waals surface area contributed by atoms with Crippen LogP contribution in [-0.2, 0) is 0 Å². The highest BCUT2D eigenvalue weighted by atomic mass is 16.3. The van der Waals surface area contributed by atoms with Crippen molar-refractivity contribution in [3.05, 3.63) is 140 Å². The normalized spacial score (nSPS) is 11.6.